The molecule has 0 bridgehead atoms. The third kappa shape index (κ3) is 5.95. The minimum Gasteiger partial charge on any atom is -0.456 e. The number of anilines is 3. The van der Waals surface area contributed by atoms with E-state index in [-0.39, 0.29) is 35.3 Å². The largest absolute Gasteiger partial charge is 0.456 e. The fraction of sp³-hybridized carbons (Fsp3) is 0.0164. The lowest BCUT2D eigenvalue weighted by Crippen LogP contribution is -2.28. The topological polar surface area (TPSA) is 16.4 Å². The van der Waals surface area contributed by atoms with Crippen molar-refractivity contribution in [1.29, 1.82) is 0 Å². The highest BCUT2D eigenvalue weighted by Crippen LogP contribution is 2.59. The molecule has 1 unspecified atom stereocenters. The predicted octanol–water partition coefficient (Wildman–Crippen LogP) is 16.4. The molecule has 10 aromatic carbocycles. The number of hydrogen-bond acceptors (Lipinski definition) is 2. The van der Waals surface area contributed by atoms with Crippen LogP contribution in [0.5, 0.6) is 0 Å². The highest BCUT2D eigenvalue weighted by molar-refractivity contribution is 6.13. The quantitative estimate of drug-likeness (QED) is 0.152. The van der Waals surface area contributed by atoms with Crippen molar-refractivity contribution in [1.82, 2.24) is 0 Å². The molecule has 0 spiro atoms. The van der Waals surface area contributed by atoms with E-state index in [2.05, 4.69) is 114 Å². The van der Waals surface area contributed by atoms with Gasteiger partial charge in [0.25, 0.3) is 0 Å². The standard InChI is InChI=1S/C61H41NO/c1-5-18-42(19-6-1)43-34-36-48(37-35-43)62(50-38-39-57-54(41-50)60-52(30-17-33-58(60)63-57)45-22-9-3-10-23-45)49-27-15-26-47(40-49)61(46-24-11-4-12-25-46)55-31-14-13-28-53(55)59-51(29-16-32-56(59)61)44-20-7-2-8-21-44/h1-41H/i1D,3D,5D,6D,9D,10D,18D,19D,22D,23D. The van der Waals surface area contributed by atoms with Crippen molar-refractivity contribution in [3.8, 4) is 44.5 Å². The maximum Gasteiger partial charge on any atom is 0.136 e. The van der Waals surface area contributed by atoms with E-state index in [1.54, 1.807) is 30.3 Å². The van der Waals surface area contributed by atoms with E-state index < -0.39 is 41.7 Å². The van der Waals surface area contributed by atoms with Crippen LogP contribution in [0.2, 0.25) is 0 Å². The van der Waals surface area contributed by atoms with Crippen LogP contribution in [0.1, 0.15) is 36.0 Å². The number of rotatable bonds is 8. The van der Waals surface area contributed by atoms with E-state index in [1.807, 2.05) is 48.5 Å². The SMILES string of the molecule is [2H]c1c([2H])c([2H])c(-c2ccc(N(c3cccc(C4(c5ccccc5)c5ccccc5-c5c(-c6ccccc6)cccc54)c3)c3ccc4oc5cccc(-c6c([2H])c([2H])c([2H])c([2H])c6[2H])c5c4c3)cc2)c([2H])c1[2H]. The summed E-state index contributed by atoms with van der Waals surface area (Å²) in [5.41, 5.74) is 12.3. The van der Waals surface area contributed by atoms with Gasteiger partial charge in [0.15, 0.2) is 0 Å². The van der Waals surface area contributed by atoms with Gasteiger partial charge < -0.3 is 9.32 Å². The van der Waals surface area contributed by atoms with Crippen LogP contribution in [0.25, 0.3) is 66.4 Å². The maximum absolute atomic E-state index is 8.93. The Morgan fingerprint density at radius 3 is 1.78 bits per heavy atom. The first-order valence-electron chi connectivity index (χ1n) is 25.8. The predicted molar refractivity (Wildman–Crippen MR) is 262 cm³/mol. The van der Waals surface area contributed by atoms with Crippen molar-refractivity contribution in [3.05, 3.63) is 271 Å². The molecule has 1 atom stereocenters. The number of fused-ring (bicyclic) bond motifs is 6. The Labute approximate surface area is 381 Å². The first kappa shape index (κ1) is 27.6. The third-order valence-corrected chi connectivity index (χ3v) is 12.3. The molecule has 12 rings (SSSR count). The molecule has 1 heterocycles. The summed E-state index contributed by atoms with van der Waals surface area (Å²) in [4.78, 5) is 2.10. The van der Waals surface area contributed by atoms with Crippen molar-refractivity contribution in [2.75, 3.05) is 4.90 Å². The van der Waals surface area contributed by atoms with Gasteiger partial charge >= 0.3 is 0 Å². The summed E-state index contributed by atoms with van der Waals surface area (Å²) in [7, 11) is 0. The molecule has 2 nitrogen and oxygen atoms in total. The van der Waals surface area contributed by atoms with Gasteiger partial charge in [-0.1, -0.05) is 200 Å². The molecular formula is C61H41NO. The smallest absolute Gasteiger partial charge is 0.136 e. The fourth-order valence-corrected chi connectivity index (χ4v) is 9.71. The molecule has 11 aromatic rings. The van der Waals surface area contributed by atoms with Crippen molar-refractivity contribution in [2.45, 2.75) is 5.41 Å². The number of hydrogen-bond donors (Lipinski definition) is 0. The molecular weight excluding hydrogens is 763 g/mol. The molecule has 0 aliphatic heterocycles. The van der Waals surface area contributed by atoms with Gasteiger partial charge in [0.1, 0.15) is 11.2 Å². The molecule has 0 fully saturated rings. The van der Waals surface area contributed by atoms with Crippen LogP contribution in [-0.4, -0.2) is 0 Å². The van der Waals surface area contributed by atoms with Gasteiger partial charge in [0, 0.05) is 27.8 Å². The van der Waals surface area contributed by atoms with Crippen LogP contribution < -0.4 is 4.90 Å². The second-order valence-corrected chi connectivity index (χ2v) is 15.6. The zero-order chi connectivity index (χ0) is 50.4. The molecule has 2 heteroatoms. The van der Waals surface area contributed by atoms with Gasteiger partial charge in [-0.25, -0.2) is 0 Å². The van der Waals surface area contributed by atoms with Gasteiger partial charge in [0.2, 0.25) is 0 Å². The summed E-state index contributed by atoms with van der Waals surface area (Å²) in [5.74, 6) is 0. The van der Waals surface area contributed by atoms with E-state index >= 15 is 0 Å². The van der Waals surface area contributed by atoms with E-state index in [0.717, 1.165) is 50.2 Å². The van der Waals surface area contributed by atoms with Crippen molar-refractivity contribution in [2.24, 2.45) is 0 Å². The van der Waals surface area contributed by atoms with Gasteiger partial charge in [-0.05, 0) is 115 Å². The molecule has 0 amide bonds. The van der Waals surface area contributed by atoms with Crippen LogP contribution in [0.15, 0.2) is 253 Å². The number of furan rings is 1. The Morgan fingerprint density at radius 2 is 0.984 bits per heavy atom. The van der Waals surface area contributed by atoms with Gasteiger partial charge in [-0.3, -0.25) is 0 Å². The molecule has 1 aromatic heterocycles. The minimum atomic E-state index is -0.784. The monoisotopic (exact) mass is 813 g/mol. The number of benzene rings is 10. The molecule has 0 saturated heterocycles. The fourth-order valence-electron chi connectivity index (χ4n) is 9.71. The average Bonchev–Trinajstić information content (AvgIpc) is 3.96. The van der Waals surface area contributed by atoms with Crippen LogP contribution in [-0.2, 0) is 5.41 Å². The van der Waals surface area contributed by atoms with E-state index in [0.29, 0.717) is 44.4 Å². The minimum absolute atomic E-state index is 0.0660. The lowest BCUT2D eigenvalue weighted by molar-refractivity contribution is 0.669. The van der Waals surface area contributed by atoms with E-state index in [4.69, 9.17) is 18.1 Å². The van der Waals surface area contributed by atoms with Crippen molar-refractivity contribution >= 4 is 39.0 Å². The number of nitrogens with zero attached hydrogens (tertiary/aromatic N) is 1. The molecule has 63 heavy (non-hydrogen) atoms. The molecule has 296 valence electrons. The van der Waals surface area contributed by atoms with Gasteiger partial charge in [0.05, 0.1) is 19.1 Å². The second kappa shape index (κ2) is 15.1. The van der Waals surface area contributed by atoms with Gasteiger partial charge in [-0.15, -0.1) is 0 Å². The lowest BCUT2D eigenvalue weighted by Gasteiger charge is -2.35. The van der Waals surface area contributed by atoms with Crippen LogP contribution in [0.4, 0.5) is 17.1 Å². The van der Waals surface area contributed by atoms with Crippen molar-refractivity contribution < 1.29 is 18.1 Å². The third-order valence-electron chi connectivity index (χ3n) is 12.3. The van der Waals surface area contributed by atoms with Crippen LogP contribution in [0.3, 0.4) is 0 Å². The summed E-state index contributed by atoms with van der Waals surface area (Å²) >= 11 is 0. The van der Waals surface area contributed by atoms with Crippen LogP contribution in [0, 0.1) is 0 Å². The van der Waals surface area contributed by atoms with E-state index in [1.165, 1.54) is 0 Å². The molecule has 0 N–H and O–H groups in total. The molecule has 0 saturated carbocycles. The Balaban J connectivity index is 1.11. The summed E-state index contributed by atoms with van der Waals surface area (Å²) in [6.45, 7) is 0. The van der Waals surface area contributed by atoms with E-state index in [9.17, 15) is 0 Å². The Hall–Kier alpha value is -8.20. The molecule has 1 aliphatic rings. The van der Waals surface area contributed by atoms with Crippen LogP contribution >= 0.6 is 0 Å². The lowest BCUT2D eigenvalue weighted by atomic mass is 9.67. The summed E-state index contributed by atoms with van der Waals surface area (Å²) < 4.78 is 92.2. The first-order valence-corrected chi connectivity index (χ1v) is 20.8. The first-order chi connectivity index (χ1) is 35.4. The van der Waals surface area contributed by atoms with Crippen molar-refractivity contribution in [3.63, 3.8) is 0 Å². The summed E-state index contributed by atoms with van der Waals surface area (Å²) in [6.07, 6.45) is 0. The summed E-state index contributed by atoms with van der Waals surface area (Å²) in [6, 6.07) is 59.2. The highest BCUT2D eigenvalue weighted by Gasteiger charge is 2.47. The Bertz CT molecular complexity index is 3990. The average molecular weight is 814 g/mol. The summed E-state index contributed by atoms with van der Waals surface area (Å²) in [5, 5.41) is 1.24. The zero-order valence-corrected chi connectivity index (χ0v) is 33.8. The van der Waals surface area contributed by atoms with Gasteiger partial charge in [-0.2, -0.15) is 0 Å². The molecule has 1 aliphatic carbocycles. The Kier molecular flexibility index (Phi) is 6.60. The zero-order valence-electron chi connectivity index (χ0n) is 43.8. The molecule has 0 radical (unpaired) electrons. The second-order valence-electron chi connectivity index (χ2n) is 15.6. The highest BCUT2D eigenvalue weighted by atomic mass is 16.3. The maximum atomic E-state index is 8.93. The normalized spacial score (nSPS) is 16.3. The Morgan fingerprint density at radius 1 is 0.381 bits per heavy atom.